The van der Waals surface area contributed by atoms with Crippen LogP contribution in [0.3, 0.4) is 0 Å². The lowest BCUT2D eigenvalue weighted by Crippen LogP contribution is -2.42. The van der Waals surface area contributed by atoms with Crippen molar-refractivity contribution in [3.8, 4) is 5.75 Å². The van der Waals surface area contributed by atoms with Gasteiger partial charge in [0.1, 0.15) is 11.8 Å². The second-order valence-electron chi connectivity index (χ2n) is 6.36. The minimum absolute atomic E-state index is 0.243. The van der Waals surface area contributed by atoms with E-state index in [0.29, 0.717) is 0 Å². The summed E-state index contributed by atoms with van der Waals surface area (Å²) in [6.45, 7) is 7.51. The molecule has 0 bridgehead atoms. The van der Waals surface area contributed by atoms with Crippen LogP contribution < -0.4 is 4.74 Å². The van der Waals surface area contributed by atoms with Crippen LogP contribution in [0.5, 0.6) is 5.75 Å². The molecule has 1 heterocycles. The average Bonchev–Trinajstić information content (AvgIpc) is 2.88. The molecule has 2 amide bonds. The van der Waals surface area contributed by atoms with E-state index in [4.69, 9.17) is 4.74 Å². The van der Waals surface area contributed by atoms with Crippen molar-refractivity contribution in [2.75, 3.05) is 14.2 Å². The molecule has 0 saturated carbocycles. The predicted molar refractivity (Wildman–Crippen MR) is 101 cm³/mol. The number of hydrogen-bond donors (Lipinski definition) is 0. The molecule has 2 rings (SSSR count). The second kappa shape index (κ2) is 7.95. The van der Waals surface area contributed by atoms with E-state index in [2.05, 4.69) is 18.6 Å². The van der Waals surface area contributed by atoms with Crippen molar-refractivity contribution in [2.45, 2.75) is 39.7 Å². The van der Waals surface area contributed by atoms with Crippen LogP contribution in [0.15, 0.2) is 17.0 Å². The van der Waals surface area contributed by atoms with E-state index in [1.54, 1.807) is 13.2 Å². The zero-order valence-corrected chi connectivity index (χ0v) is 16.6. The van der Waals surface area contributed by atoms with Crippen LogP contribution in [-0.2, 0) is 14.3 Å². The molecule has 1 fully saturated rings. The highest BCUT2D eigenvalue weighted by atomic mass is 32.2. The first kappa shape index (κ1) is 20.0. The van der Waals surface area contributed by atoms with Crippen LogP contribution in [0.25, 0.3) is 6.08 Å². The van der Waals surface area contributed by atoms with Gasteiger partial charge in [0.05, 0.1) is 19.1 Å². The summed E-state index contributed by atoms with van der Waals surface area (Å²) in [5.41, 5.74) is 2.79. The molecular weight excluding hydrogens is 354 g/mol. The van der Waals surface area contributed by atoms with Crippen molar-refractivity contribution < 1.29 is 23.9 Å². The molecule has 1 unspecified atom stereocenters. The monoisotopic (exact) mass is 377 g/mol. The first-order chi connectivity index (χ1) is 12.2. The maximum atomic E-state index is 12.6. The highest BCUT2D eigenvalue weighted by Crippen LogP contribution is 2.36. The van der Waals surface area contributed by atoms with E-state index >= 15 is 0 Å². The number of methoxy groups -OCH3 is 2. The number of imide groups is 1. The highest BCUT2D eigenvalue weighted by molar-refractivity contribution is 8.18. The molecule has 1 aliphatic rings. The molecule has 26 heavy (non-hydrogen) atoms. The van der Waals surface area contributed by atoms with Crippen molar-refractivity contribution in [2.24, 2.45) is 0 Å². The van der Waals surface area contributed by atoms with Gasteiger partial charge in [-0.2, -0.15) is 0 Å². The Morgan fingerprint density at radius 1 is 1.19 bits per heavy atom. The number of nitrogens with zero attached hydrogens (tertiary/aromatic N) is 1. The standard InChI is InChI=1S/C19H23NO5S/c1-10(2)14-8-13(11(3)7-15(14)24-5)9-16-17(21)20(19(23)26-16)12(4)18(22)25-6/h7-10,12H,1-6H3/b16-9-. The molecule has 0 aromatic heterocycles. The zero-order chi connectivity index (χ0) is 19.6. The normalized spacial score (nSPS) is 17.2. The Kier molecular flexibility index (Phi) is 6.13. The van der Waals surface area contributed by atoms with E-state index in [1.165, 1.54) is 14.0 Å². The largest absolute Gasteiger partial charge is 0.496 e. The van der Waals surface area contributed by atoms with Gasteiger partial charge in [-0.25, -0.2) is 4.79 Å². The average molecular weight is 377 g/mol. The third-order valence-electron chi connectivity index (χ3n) is 4.28. The number of thioether (sulfide) groups is 1. The van der Waals surface area contributed by atoms with Gasteiger partial charge in [-0.05, 0) is 66.4 Å². The molecule has 140 valence electrons. The summed E-state index contributed by atoms with van der Waals surface area (Å²) >= 11 is 0.825. The minimum atomic E-state index is -0.957. The van der Waals surface area contributed by atoms with Gasteiger partial charge in [-0.1, -0.05) is 13.8 Å². The number of carbonyl (C=O) groups is 3. The number of amides is 2. The topological polar surface area (TPSA) is 72.9 Å². The third-order valence-corrected chi connectivity index (χ3v) is 5.16. The molecule has 1 atom stereocenters. The fraction of sp³-hybridized carbons (Fsp3) is 0.421. The number of rotatable bonds is 5. The van der Waals surface area contributed by atoms with Gasteiger partial charge in [0.25, 0.3) is 11.1 Å². The Morgan fingerprint density at radius 3 is 2.38 bits per heavy atom. The summed E-state index contributed by atoms with van der Waals surface area (Å²) in [6, 6.07) is 2.93. The molecule has 0 radical (unpaired) electrons. The van der Waals surface area contributed by atoms with Crippen LogP contribution in [0.4, 0.5) is 4.79 Å². The predicted octanol–water partition coefficient (Wildman–Crippen LogP) is 3.72. The molecule has 1 saturated heterocycles. The first-order valence-corrected chi connectivity index (χ1v) is 9.06. The van der Waals surface area contributed by atoms with Crippen LogP contribution >= 0.6 is 11.8 Å². The van der Waals surface area contributed by atoms with E-state index in [0.717, 1.165) is 39.1 Å². The highest BCUT2D eigenvalue weighted by Gasteiger charge is 2.41. The summed E-state index contributed by atoms with van der Waals surface area (Å²) in [5, 5.41) is -0.477. The SMILES string of the molecule is COC(=O)C(C)N1C(=O)S/C(=C\c2cc(C(C)C)c(OC)cc2C)C1=O. The van der Waals surface area contributed by atoms with Gasteiger partial charge in [-0.3, -0.25) is 14.5 Å². The van der Waals surface area contributed by atoms with Crippen molar-refractivity contribution in [3.63, 3.8) is 0 Å². The molecule has 1 aromatic rings. The summed E-state index contributed by atoms with van der Waals surface area (Å²) in [6.07, 6.45) is 1.69. The quantitative estimate of drug-likeness (QED) is 0.575. The van der Waals surface area contributed by atoms with Crippen molar-refractivity contribution in [3.05, 3.63) is 33.7 Å². The fourth-order valence-corrected chi connectivity index (χ4v) is 3.63. The van der Waals surface area contributed by atoms with Gasteiger partial charge >= 0.3 is 5.97 Å². The van der Waals surface area contributed by atoms with Crippen LogP contribution in [0.1, 0.15) is 43.4 Å². The Labute approximate surface area is 157 Å². The van der Waals surface area contributed by atoms with Crippen LogP contribution in [0, 0.1) is 6.92 Å². The molecular formula is C19H23NO5S. The Morgan fingerprint density at radius 2 is 1.85 bits per heavy atom. The van der Waals surface area contributed by atoms with Gasteiger partial charge in [0.15, 0.2) is 0 Å². The molecule has 1 aromatic carbocycles. The minimum Gasteiger partial charge on any atom is -0.496 e. The lowest BCUT2D eigenvalue weighted by Gasteiger charge is -2.18. The number of aryl methyl sites for hydroxylation is 1. The van der Waals surface area contributed by atoms with Crippen molar-refractivity contribution in [1.82, 2.24) is 4.90 Å². The summed E-state index contributed by atoms with van der Waals surface area (Å²) < 4.78 is 10.1. The summed E-state index contributed by atoms with van der Waals surface area (Å²) in [5.74, 6) is -0.0790. The van der Waals surface area contributed by atoms with E-state index in [9.17, 15) is 14.4 Å². The fourth-order valence-electron chi connectivity index (χ4n) is 2.73. The van der Waals surface area contributed by atoms with Crippen LogP contribution in [-0.4, -0.2) is 42.3 Å². The Balaban J connectivity index is 2.42. The van der Waals surface area contributed by atoms with Gasteiger partial charge in [0.2, 0.25) is 0 Å². The van der Waals surface area contributed by atoms with Gasteiger partial charge in [0, 0.05) is 0 Å². The van der Waals surface area contributed by atoms with E-state index in [1.807, 2.05) is 19.1 Å². The number of ether oxygens (including phenoxy) is 2. The maximum absolute atomic E-state index is 12.6. The zero-order valence-electron chi connectivity index (χ0n) is 15.8. The molecule has 0 N–H and O–H groups in total. The van der Waals surface area contributed by atoms with Gasteiger partial charge in [-0.15, -0.1) is 0 Å². The van der Waals surface area contributed by atoms with E-state index < -0.39 is 23.2 Å². The Hall–Kier alpha value is -2.28. The molecule has 0 spiro atoms. The lowest BCUT2D eigenvalue weighted by molar-refractivity contribution is -0.148. The van der Waals surface area contributed by atoms with E-state index in [-0.39, 0.29) is 10.8 Å². The second-order valence-corrected chi connectivity index (χ2v) is 7.35. The molecule has 1 aliphatic heterocycles. The number of esters is 1. The first-order valence-electron chi connectivity index (χ1n) is 8.24. The van der Waals surface area contributed by atoms with Crippen LogP contribution in [0.2, 0.25) is 0 Å². The molecule has 6 nitrogen and oxygen atoms in total. The molecule has 7 heteroatoms. The Bertz CT molecular complexity index is 784. The third kappa shape index (κ3) is 3.77. The van der Waals surface area contributed by atoms with Crippen molar-refractivity contribution in [1.29, 1.82) is 0 Å². The summed E-state index contributed by atoms with van der Waals surface area (Å²) in [4.78, 5) is 37.7. The van der Waals surface area contributed by atoms with Gasteiger partial charge < -0.3 is 9.47 Å². The van der Waals surface area contributed by atoms with Crippen molar-refractivity contribution >= 4 is 35.0 Å². The summed E-state index contributed by atoms with van der Waals surface area (Å²) in [7, 11) is 2.85. The maximum Gasteiger partial charge on any atom is 0.328 e. The number of benzene rings is 1. The number of hydrogen-bond acceptors (Lipinski definition) is 6. The number of carbonyl (C=O) groups excluding carboxylic acids is 3. The smallest absolute Gasteiger partial charge is 0.328 e. The lowest BCUT2D eigenvalue weighted by atomic mass is 9.96. The molecule has 0 aliphatic carbocycles.